The highest BCUT2D eigenvalue weighted by atomic mass is 16.4. The average Bonchev–Trinajstić information content (AvgIpc) is 2.32. The Balaban J connectivity index is 1.80. The van der Waals surface area contributed by atoms with E-state index in [4.69, 9.17) is 5.11 Å². The van der Waals surface area contributed by atoms with Gasteiger partial charge in [-0.3, -0.25) is 9.59 Å². The molecule has 1 aliphatic carbocycles. The van der Waals surface area contributed by atoms with E-state index in [9.17, 15) is 9.59 Å². The van der Waals surface area contributed by atoms with Gasteiger partial charge in [0.15, 0.2) is 5.78 Å². The summed E-state index contributed by atoms with van der Waals surface area (Å²) in [7, 11) is 0. The van der Waals surface area contributed by atoms with Crippen molar-refractivity contribution in [3.63, 3.8) is 0 Å². The molecular weight excluding hydrogens is 230 g/mol. The zero-order valence-corrected chi connectivity index (χ0v) is 9.80. The van der Waals surface area contributed by atoms with E-state index in [1.165, 1.54) is 5.56 Å². The first kappa shape index (κ1) is 11.0. The topological polar surface area (TPSA) is 57.6 Å². The molecule has 4 nitrogen and oxygen atoms in total. The Morgan fingerprint density at radius 2 is 2.11 bits per heavy atom. The molecule has 1 saturated heterocycles. The summed E-state index contributed by atoms with van der Waals surface area (Å²) in [6.45, 7) is 0.900. The molecule has 1 N–H and O–H groups in total. The number of nitrogens with zero attached hydrogens (tertiary/aromatic N) is 1. The molecule has 0 radical (unpaired) electrons. The van der Waals surface area contributed by atoms with E-state index >= 15 is 0 Å². The summed E-state index contributed by atoms with van der Waals surface area (Å²) in [5.74, 6) is -2.06. The van der Waals surface area contributed by atoms with Crippen molar-refractivity contribution in [1.82, 2.24) is 4.90 Å². The predicted molar refractivity (Wildman–Crippen MR) is 66.6 cm³/mol. The third kappa shape index (κ3) is 1.61. The predicted octanol–water partition coefficient (Wildman–Crippen LogP) is 1.47. The van der Waals surface area contributed by atoms with Gasteiger partial charge in [-0.25, -0.2) is 0 Å². The molecule has 0 amide bonds. The van der Waals surface area contributed by atoms with Crippen molar-refractivity contribution >= 4 is 23.5 Å². The van der Waals surface area contributed by atoms with Crippen LogP contribution >= 0.6 is 0 Å². The minimum atomic E-state index is -1.02. The maximum Gasteiger partial charge on any atom is 0.315 e. The van der Waals surface area contributed by atoms with Crippen LogP contribution in [0.1, 0.15) is 17.5 Å². The summed E-state index contributed by atoms with van der Waals surface area (Å²) >= 11 is 0. The molecule has 3 rings (SSSR count). The van der Waals surface area contributed by atoms with Crippen LogP contribution in [0, 0.1) is 5.92 Å². The van der Waals surface area contributed by atoms with E-state index in [0.29, 0.717) is 13.0 Å². The van der Waals surface area contributed by atoms with Crippen LogP contribution < -0.4 is 0 Å². The lowest BCUT2D eigenvalue weighted by Gasteiger charge is -2.37. The van der Waals surface area contributed by atoms with Gasteiger partial charge in [0.1, 0.15) is 5.92 Å². The third-order valence-corrected chi connectivity index (χ3v) is 3.59. The van der Waals surface area contributed by atoms with E-state index in [1.54, 1.807) is 0 Å². The van der Waals surface area contributed by atoms with Crippen LogP contribution in [0.3, 0.4) is 0 Å². The monoisotopic (exact) mass is 243 g/mol. The Kier molecular flexibility index (Phi) is 2.44. The van der Waals surface area contributed by atoms with Gasteiger partial charge in [0.25, 0.3) is 0 Å². The SMILES string of the molecule is O=C(O)C1CN(C2=Cc3ccccc32)CCC1=O. The van der Waals surface area contributed by atoms with Crippen LogP contribution in [-0.2, 0) is 9.59 Å². The normalized spacial score (nSPS) is 22.0. The summed E-state index contributed by atoms with van der Waals surface area (Å²) in [4.78, 5) is 24.5. The number of ketones is 1. The molecule has 0 saturated carbocycles. The second-order valence-electron chi connectivity index (χ2n) is 4.67. The Morgan fingerprint density at radius 3 is 2.83 bits per heavy atom. The number of fused-ring (bicyclic) bond motifs is 1. The van der Waals surface area contributed by atoms with Crippen molar-refractivity contribution in [2.24, 2.45) is 5.92 Å². The van der Waals surface area contributed by atoms with Crippen molar-refractivity contribution < 1.29 is 14.7 Å². The van der Waals surface area contributed by atoms with Gasteiger partial charge in [0.05, 0.1) is 0 Å². The fraction of sp³-hybridized carbons (Fsp3) is 0.286. The number of rotatable bonds is 2. The molecule has 4 heteroatoms. The molecule has 0 bridgehead atoms. The summed E-state index contributed by atoms with van der Waals surface area (Å²) in [5, 5.41) is 9.03. The van der Waals surface area contributed by atoms with Gasteiger partial charge >= 0.3 is 5.97 Å². The van der Waals surface area contributed by atoms with Crippen molar-refractivity contribution in [2.75, 3.05) is 13.1 Å². The zero-order valence-electron chi connectivity index (χ0n) is 9.80. The van der Waals surface area contributed by atoms with Gasteiger partial charge in [-0.15, -0.1) is 0 Å². The fourth-order valence-electron chi connectivity index (χ4n) is 2.53. The van der Waals surface area contributed by atoms with Crippen LogP contribution in [-0.4, -0.2) is 34.8 Å². The molecule has 0 aromatic heterocycles. The van der Waals surface area contributed by atoms with Crippen molar-refractivity contribution in [1.29, 1.82) is 0 Å². The lowest BCUT2D eigenvalue weighted by molar-refractivity contribution is -0.148. The fourth-order valence-corrected chi connectivity index (χ4v) is 2.53. The Hall–Kier alpha value is -2.10. The maximum atomic E-state index is 11.5. The molecule has 1 aliphatic heterocycles. The van der Waals surface area contributed by atoms with E-state index in [1.807, 2.05) is 35.2 Å². The van der Waals surface area contributed by atoms with Crippen LogP contribution in [0.25, 0.3) is 11.8 Å². The number of piperidine rings is 1. The quantitative estimate of drug-likeness (QED) is 0.799. The van der Waals surface area contributed by atoms with Crippen molar-refractivity contribution in [2.45, 2.75) is 6.42 Å². The molecule has 1 unspecified atom stereocenters. The lowest BCUT2D eigenvalue weighted by Crippen LogP contribution is -2.44. The number of likely N-dealkylation sites (tertiary alicyclic amines) is 1. The maximum absolute atomic E-state index is 11.5. The number of carbonyl (C=O) groups is 2. The number of hydrogen-bond donors (Lipinski definition) is 1. The summed E-state index contributed by atoms with van der Waals surface area (Å²) in [5.41, 5.74) is 3.39. The molecule has 1 heterocycles. The van der Waals surface area contributed by atoms with E-state index in [0.717, 1.165) is 11.3 Å². The number of carboxylic acids is 1. The molecule has 18 heavy (non-hydrogen) atoms. The van der Waals surface area contributed by atoms with Crippen LogP contribution in [0.2, 0.25) is 0 Å². The van der Waals surface area contributed by atoms with Gasteiger partial charge in [-0.05, 0) is 11.6 Å². The Labute approximate surface area is 105 Å². The largest absolute Gasteiger partial charge is 0.481 e. The van der Waals surface area contributed by atoms with E-state index in [2.05, 4.69) is 0 Å². The van der Waals surface area contributed by atoms with Crippen LogP contribution in [0.15, 0.2) is 24.3 Å². The number of carbonyl (C=O) groups excluding carboxylic acids is 1. The second kappa shape index (κ2) is 3.98. The molecule has 1 fully saturated rings. The summed E-state index contributed by atoms with van der Waals surface area (Å²) < 4.78 is 0. The van der Waals surface area contributed by atoms with Gasteiger partial charge in [0.2, 0.25) is 0 Å². The second-order valence-corrected chi connectivity index (χ2v) is 4.67. The van der Waals surface area contributed by atoms with Gasteiger partial charge in [-0.1, -0.05) is 24.3 Å². The molecular formula is C14H13NO3. The minimum Gasteiger partial charge on any atom is -0.481 e. The highest BCUT2D eigenvalue weighted by Gasteiger charge is 2.35. The smallest absolute Gasteiger partial charge is 0.315 e. The molecule has 1 atom stereocenters. The Morgan fingerprint density at radius 1 is 1.33 bits per heavy atom. The number of Topliss-reactive ketones (excluding diaryl/α,β-unsaturated/α-hetero) is 1. The highest BCUT2D eigenvalue weighted by molar-refractivity contribution is 6.00. The van der Waals surface area contributed by atoms with Gasteiger partial charge in [0, 0.05) is 30.8 Å². The number of aliphatic carboxylic acids is 1. The first-order chi connectivity index (χ1) is 8.66. The molecule has 0 spiro atoms. The third-order valence-electron chi connectivity index (χ3n) is 3.59. The molecule has 2 aliphatic rings. The standard InChI is InChI=1S/C14H13NO3/c16-13-5-6-15(8-11(13)14(17)18)12-7-9-3-1-2-4-10(9)12/h1-4,7,11H,5-6,8H2,(H,17,18). The molecule has 92 valence electrons. The van der Waals surface area contributed by atoms with E-state index < -0.39 is 11.9 Å². The first-order valence-corrected chi connectivity index (χ1v) is 5.98. The number of hydrogen-bond acceptors (Lipinski definition) is 3. The first-order valence-electron chi connectivity index (χ1n) is 5.98. The summed E-state index contributed by atoms with van der Waals surface area (Å²) in [6, 6.07) is 8.00. The Bertz CT molecular complexity index is 562. The van der Waals surface area contributed by atoms with Crippen molar-refractivity contribution in [3.05, 3.63) is 35.4 Å². The lowest BCUT2D eigenvalue weighted by atomic mass is 9.89. The van der Waals surface area contributed by atoms with Crippen molar-refractivity contribution in [3.8, 4) is 0 Å². The molecule has 1 aromatic rings. The molecule has 1 aromatic carbocycles. The number of benzene rings is 1. The number of carboxylic acid groups (broad SMARTS) is 1. The highest BCUT2D eigenvalue weighted by Crippen LogP contribution is 2.36. The van der Waals surface area contributed by atoms with Gasteiger partial charge in [-0.2, -0.15) is 0 Å². The van der Waals surface area contributed by atoms with Crippen LogP contribution in [0.4, 0.5) is 0 Å². The average molecular weight is 243 g/mol. The van der Waals surface area contributed by atoms with Crippen LogP contribution in [0.5, 0.6) is 0 Å². The minimum absolute atomic E-state index is 0.160. The van der Waals surface area contributed by atoms with E-state index in [-0.39, 0.29) is 12.3 Å². The zero-order chi connectivity index (χ0) is 12.7. The summed E-state index contributed by atoms with van der Waals surface area (Å²) in [6.07, 6.45) is 2.36. The van der Waals surface area contributed by atoms with Gasteiger partial charge < -0.3 is 10.0 Å².